The summed E-state index contributed by atoms with van der Waals surface area (Å²) in [6.45, 7) is 6.60. The van der Waals surface area contributed by atoms with Crippen molar-refractivity contribution in [3.8, 4) is 28.8 Å². The largest absolute Gasteiger partial charge is 0.494 e. The summed E-state index contributed by atoms with van der Waals surface area (Å²) in [6.07, 6.45) is 0.649. The van der Waals surface area contributed by atoms with Gasteiger partial charge >= 0.3 is 0 Å². The van der Waals surface area contributed by atoms with Crippen molar-refractivity contribution in [2.75, 3.05) is 17.7 Å². The number of aromatic nitrogens is 2. The molecule has 0 radical (unpaired) electrons. The first-order chi connectivity index (χ1) is 17.5. The van der Waals surface area contributed by atoms with E-state index in [4.69, 9.17) is 19.4 Å². The Hall–Kier alpha value is -3.84. The molecule has 0 spiro atoms. The summed E-state index contributed by atoms with van der Waals surface area (Å²) in [6, 6.07) is 21.5. The number of carbonyl (C=O) groups is 1. The van der Waals surface area contributed by atoms with Gasteiger partial charge in [-0.2, -0.15) is 4.98 Å². The summed E-state index contributed by atoms with van der Waals surface area (Å²) in [5, 5.41) is 3.78. The van der Waals surface area contributed by atoms with Gasteiger partial charge in [0.25, 0.3) is 0 Å². The molecule has 182 valence electrons. The molecule has 1 amide bonds. The Kier molecular flexibility index (Phi) is 6.91. The normalized spacial score (nSPS) is 11.8. The third kappa shape index (κ3) is 5.06. The SMILES string of the molecule is CCOc1ccc(-c2nc3c(c(SCC(=O)Nc4cccc(C)c4C)n2)Cc2ccccc2O3)cc1. The lowest BCUT2D eigenvalue weighted by molar-refractivity contribution is -0.113. The smallest absolute Gasteiger partial charge is 0.234 e. The minimum atomic E-state index is -0.0826. The Labute approximate surface area is 215 Å². The van der Waals surface area contributed by atoms with E-state index >= 15 is 0 Å². The summed E-state index contributed by atoms with van der Waals surface area (Å²) in [5.74, 6) is 2.81. The first kappa shape index (κ1) is 23.9. The molecular weight excluding hydrogens is 470 g/mol. The molecule has 5 rings (SSSR count). The van der Waals surface area contributed by atoms with Crippen LogP contribution in [-0.2, 0) is 11.2 Å². The molecule has 6 nitrogen and oxygen atoms in total. The molecule has 4 aromatic rings. The van der Waals surface area contributed by atoms with Crippen LogP contribution in [0.2, 0.25) is 0 Å². The molecule has 0 fully saturated rings. The zero-order valence-corrected chi connectivity index (χ0v) is 21.3. The molecule has 0 saturated carbocycles. The molecule has 0 unspecified atom stereocenters. The van der Waals surface area contributed by atoms with Crippen LogP contribution in [-0.4, -0.2) is 28.2 Å². The molecular formula is C29H27N3O3S. The van der Waals surface area contributed by atoms with Crippen LogP contribution in [0.25, 0.3) is 11.4 Å². The molecule has 36 heavy (non-hydrogen) atoms. The van der Waals surface area contributed by atoms with Gasteiger partial charge in [-0.15, -0.1) is 0 Å². The third-order valence-electron chi connectivity index (χ3n) is 6.12. The maximum absolute atomic E-state index is 12.8. The Morgan fingerprint density at radius 2 is 1.83 bits per heavy atom. The van der Waals surface area contributed by atoms with Crippen molar-refractivity contribution in [1.82, 2.24) is 9.97 Å². The van der Waals surface area contributed by atoms with Crippen molar-refractivity contribution in [2.45, 2.75) is 32.2 Å². The van der Waals surface area contributed by atoms with E-state index in [1.54, 1.807) is 0 Å². The average Bonchev–Trinajstić information content (AvgIpc) is 2.89. The van der Waals surface area contributed by atoms with Gasteiger partial charge in [-0.25, -0.2) is 4.98 Å². The van der Waals surface area contributed by atoms with Gasteiger partial charge in [-0.1, -0.05) is 42.1 Å². The highest BCUT2D eigenvalue weighted by Gasteiger charge is 2.24. The van der Waals surface area contributed by atoms with Crippen LogP contribution in [0.4, 0.5) is 5.69 Å². The van der Waals surface area contributed by atoms with Crippen molar-refractivity contribution in [2.24, 2.45) is 0 Å². The predicted octanol–water partition coefficient (Wildman–Crippen LogP) is 6.59. The lowest BCUT2D eigenvalue weighted by Gasteiger charge is -2.21. The number of para-hydroxylation sites is 1. The number of nitrogens with one attached hydrogen (secondary N) is 1. The lowest BCUT2D eigenvalue weighted by atomic mass is 10.0. The van der Waals surface area contributed by atoms with Crippen molar-refractivity contribution in [3.63, 3.8) is 0 Å². The number of carbonyl (C=O) groups excluding carboxylic acids is 1. The van der Waals surface area contributed by atoms with Crippen LogP contribution in [0.5, 0.6) is 17.4 Å². The molecule has 0 atom stereocenters. The number of hydrogen-bond acceptors (Lipinski definition) is 6. The van der Waals surface area contributed by atoms with E-state index in [2.05, 4.69) is 5.32 Å². The van der Waals surface area contributed by atoms with E-state index in [-0.39, 0.29) is 11.7 Å². The summed E-state index contributed by atoms with van der Waals surface area (Å²) in [5.41, 5.74) is 5.86. The van der Waals surface area contributed by atoms with Gasteiger partial charge in [-0.3, -0.25) is 4.79 Å². The number of aryl methyl sites for hydroxylation is 1. The van der Waals surface area contributed by atoms with Crippen molar-refractivity contribution in [3.05, 3.63) is 89.0 Å². The fourth-order valence-electron chi connectivity index (χ4n) is 4.05. The maximum Gasteiger partial charge on any atom is 0.234 e. The van der Waals surface area contributed by atoms with Crippen LogP contribution in [0.3, 0.4) is 0 Å². The third-order valence-corrected chi connectivity index (χ3v) is 7.14. The molecule has 2 heterocycles. The van der Waals surface area contributed by atoms with Gasteiger partial charge in [-0.05, 0) is 73.9 Å². The first-order valence-corrected chi connectivity index (χ1v) is 12.9. The van der Waals surface area contributed by atoms with Crippen LogP contribution in [0.1, 0.15) is 29.2 Å². The van der Waals surface area contributed by atoms with Crippen molar-refractivity contribution >= 4 is 23.4 Å². The van der Waals surface area contributed by atoms with Crippen molar-refractivity contribution < 1.29 is 14.3 Å². The molecule has 1 aromatic heterocycles. The second kappa shape index (κ2) is 10.4. The average molecular weight is 498 g/mol. The number of rotatable bonds is 7. The summed E-state index contributed by atoms with van der Waals surface area (Å²) < 4.78 is 11.7. The van der Waals surface area contributed by atoms with Crippen LogP contribution >= 0.6 is 11.8 Å². The van der Waals surface area contributed by atoms with E-state index in [0.717, 1.165) is 50.0 Å². The van der Waals surface area contributed by atoms with E-state index in [1.807, 2.05) is 87.5 Å². The van der Waals surface area contributed by atoms with Gasteiger partial charge in [0, 0.05) is 17.7 Å². The summed E-state index contributed by atoms with van der Waals surface area (Å²) in [7, 11) is 0. The van der Waals surface area contributed by atoms with Gasteiger partial charge in [0.1, 0.15) is 16.5 Å². The maximum atomic E-state index is 12.8. The fraction of sp³-hybridized carbons (Fsp3) is 0.207. The van der Waals surface area contributed by atoms with E-state index < -0.39 is 0 Å². The first-order valence-electron chi connectivity index (χ1n) is 11.9. The summed E-state index contributed by atoms with van der Waals surface area (Å²) in [4.78, 5) is 22.5. The number of anilines is 1. The lowest BCUT2D eigenvalue weighted by Crippen LogP contribution is -2.16. The number of benzene rings is 3. The Morgan fingerprint density at radius 1 is 1.03 bits per heavy atom. The molecule has 3 aromatic carbocycles. The zero-order valence-electron chi connectivity index (χ0n) is 20.5. The Bertz CT molecular complexity index is 1420. The van der Waals surface area contributed by atoms with Gasteiger partial charge in [0.15, 0.2) is 5.82 Å². The number of ether oxygens (including phenoxy) is 2. The standard InChI is InChI=1S/C29H27N3O3S/c1-4-34-22-14-12-20(13-15-22)27-31-28-23(16-21-9-5-6-11-25(21)35-28)29(32-27)36-17-26(33)30-24-10-7-8-18(2)19(24)3/h5-15H,4,16-17H2,1-3H3,(H,30,33). The minimum Gasteiger partial charge on any atom is -0.494 e. The Balaban J connectivity index is 1.43. The minimum absolute atomic E-state index is 0.0826. The fourth-order valence-corrected chi connectivity index (χ4v) is 4.87. The second-order valence-electron chi connectivity index (χ2n) is 8.56. The monoisotopic (exact) mass is 497 g/mol. The van der Waals surface area contributed by atoms with Crippen LogP contribution < -0.4 is 14.8 Å². The van der Waals surface area contributed by atoms with Gasteiger partial charge in [0.05, 0.1) is 17.9 Å². The predicted molar refractivity (Wildman–Crippen MR) is 143 cm³/mol. The van der Waals surface area contributed by atoms with Crippen molar-refractivity contribution in [1.29, 1.82) is 0 Å². The molecule has 0 aliphatic carbocycles. The number of hydrogen-bond donors (Lipinski definition) is 1. The highest BCUT2D eigenvalue weighted by atomic mass is 32.2. The van der Waals surface area contributed by atoms with E-state index in [0.29, 0.717) is 24.7 Å². The van der Waals surface area contributed by atoms with E-state index in [9.17, 15) is 4.79 Å². The molecule has 1 aliphatic heterocycles. The topological polar surface area (TPSA) is 73.3 Å². The zero-order chi connectivity index (χ0) is 25.1. The molecule has 7 heteroatoms. The molecule has 1 aliphatic rings. The molecule has 0 bridgehead atoms. The van der Waals surface area contributed by atoms with Crippen LogP contribution in [0.15, 0.2) is 71.8 Å². The van der Waals surface area contributed by atoms with Gasteiger partial charge in [0.2, 0.25) is 11.8 Å². The van der Waals surface area contributed by atoms with Crippen LogP contribution in [0, 0.1) is 13.8 Å². The number of fused-ring (bicyclic) bond motifs is 2. The highest BCUT2D eigenvalue weighted by Crippen LogP contribution is 2.40. The number of amides is 1. The number of nitrogens with zero attached hydrogens (tertiary/aromatic N) is 2. The second-order valence-corrected chi connectivity index (χ2v) is 9.53. The Morgan fingerprint density at radius 3 is 2.64 bits per heavy atom. The highest BCUT2D eigenvalue weighted by molar-refractivity contribution is 8.00. The molecule has 0 saturated heterocycles. The molecule has 1 N–H and O–H groups in total. The van der Waals surface area contributed by atoms with E-state index in [1.165, 1.54) is 11.8 Å². The summed E-state index contributed by atoms with van der Waals surface area (Å²) >= 11 is 1.40. The quantitative estimate of drug-likeness (QED) is 0.202. The van der Waals surface area contributed by atoms with Gasteiger partial charge < -0.3 is 14.8 Å². The number of thioether (sulfide) groups is 1.